The fourth-order valence-electron chi connectivity index (χ4n) is 1.81. The average Bonchev–Trinajstić information content (AvgIpc) is 2.30. The number of aromatic nitrogens is 2. The van der Waals surface area contributed by atoms with Crippen LogP contribution in [0.2, 0.25) is 5.02 Å². The molecule has 0 atom stereocenters. The second-order valence-corrected chi connectivity index (χ2v) is 3.89. The second-order valence-electron chi connectivity index (χ2n) is 3.48. The normalized spacial score (nSPS) is 11.1. The Morgan fingerprint density at radius 3 is 2.88 bits per heavy atom. The Morgan fingerprint density at radius 1 is 1.12 bits per heavy atom. The van der Waals surface area contributed by atoms with E-state index in [4.69, 9.17) is 11.6 Å². The third-order valence-electron chi connectivity index (χ3n) is 2.51. The van der Waals surface area contributed by atoms with E-state index >= 15 is 0 Å². The van der Waals surface area contributed by atoms with Crippen LogP contribution in [0, 0.1) is 0 Å². The van der Waals surface area contributed by atoms with Gasteiger partial charge in [0.25, 0.3) is 5.56 Å². The molecule has 0 fully saturated rings. The molecule has 0 unspecified atom stereocenters. The van der Waals surface area contributed by atoms with Gasteiger partial charge in [-0.25, -0.2) is 0 Å². The zero-order valence-corrected chi connectivity index (χ0v) is 8.98. The predicted molar refractivity (Wildman–Crippen MR) is 64.0 cm³/mol. The van der Waals surface area contributed by atoms with Crippen LogP contribution >= 0.6 is 11.6 Å². The lowest BCUT2D eigenvalue weighted by Gasteiger charge is -2.05. The standard InChI is InChI=1S/C12H7ClN2O/c13-9-5-3-4-8-11(9)15-7-2-1-6-10(15)14-12(8)16/h1-7H. The summed E-state index contributed by atoms with van der Waals surface area (Å²) in [5.41, 5.74) is 1.07. The van der Waals surface area contributed by atoms with Gasteiger partial charge < -0.3 is 0 Å². The fourth-order valence-corrected chi connectivity index (χ4v) is 2.08. The molecule has 3 aromatic rings. The Hall–Kier alpha value is -1.87. The van der Waals surface area contributed by atoms with E-state index in [1.54, 1.807) is 24.3 Å². The Balaban J connectivity index is 2.73. The van der Waals surface area contributed by atoms with Crippen molar-refractivity contribution in [3.63, 3.8) is 0 Å². The van der Waals surface area contributed by atoms with Gasteiger partial charge in [0, 0.05) is 6.20 Å². The van der Waals surface area contributed by atoms with E-state index in [9.17, 15) is 4.79 Å². The summed E-state index contributed by atoms with van der Waals surface area (Å²) in [6.07, 6.45) is 1.84. The zero-order valence-electron chi connectivity index (χ0n) is 8.22. The van der Waals surface area contributed by atoms with Gasteiger partial charge in [-0.15, -0.1) is 0 Å². The summed E-state index contributed by atoms with van der Waals surface area (Å²) in [4.78, 5) is 15.8. The van der Waals surface area contributed by atoms with Gasteiger partial charge in [0.15, 0.2) is 0 Å². The van der Waals surface area contributed by atoms with Crippen molar-refractivity contribution in [3.05, 3.63) is 58.0 Å². The van der Waals surface area contributed by atoms with Crippen molar-refractivity contribution >= 4 is 28.2 Å². The van der Waals surface area contributed by atoms with E-state index < -0.39 is 0 Å². The molecule has 16 heavy (non-hydrogen) atoms. The third-order valence-corrected chi connectivity index (χ3v) is 2.82. The molecule has 0 aliphatic heterocycles. The molecule has 0 bridgehead atoms. The smallest absolute Gasteiger partial charge is 0.281 e. The van der Waals surface area contributed by atoms with Gasteiger partial charge in [-0.2, -0.15) is 4.98 Å². The molecule has 0 spiro atoms. The van der Waals surface area contributed by atoms with Crippen LogP contribution < -0.4 is 5.56 Å². The first-order valence-corrected chi connectivity index (χ1v) is 5.21. The Kier molecular flexibility index (Phi) is 1.94. The number of rotatable bonds is 0. The topological polar surface area (TPSA) is 34.4 Å². The first-order valence-electron chi connectivity index (χ1n) is 4.83. The average molecular weight is 231 g/mol. The molecule has 4 heteroatoms. The monoisotopic (exact) mass is 230 g/mol. The molecule has 3 rings (SSSR count). The lowest BCUT2D eigenvalue weighted by Crippen LogP contribution is -2.10. The van der Waals surface area contributed by atoms with Gasteiger partial charge in [0.2, 0.25) is 0 Å². The highest BCUT2D eigenvalue weighted by molar-refractivity contribution is 6.35. The Morgan fingerprint density at radius 2 is 2.00 bits per heavy atom. The highest BCUT2D eigenvalue weighted by Gasteiger charge is 2.07. The molecule has 0 amide bonds. The van der Waals surface area contributed by atoms with Crippen LogP contribution in [0.4, 0.5) is 0 Å². The summed E-state index contributed by atoms with van der Waals surface area (Å²) in [6, 6.07) is 10.7. The number of para-hydroxylation sites is 1. The maximum absolute atomic E-state index is 11.8. The van der Waals surface area contributed by atoms with Gasteiger partial charge in [-0.3, -0.25) is 9.20 Å². The lowest BCUT2D eigenvalue weighted by atomic mass is 10.2. The molecule has 0 aliphatic carbocycles. The number of benzene rings is 1. The number of halogens is 1. The van der Waals surface area contributed by atoms with E-state index in [2.05, 4.69) is 4.98 Å². The summed E-state index contributed by atoms with van der Waals surface area (Å²) < 4.78 is 1.82. The fraction of sp³-hybridized carbons (Fsp3) is 0. The van der Waals surface area contributed by atoms with Crippen LogP contribution in [0.25, 0.3) is 16.6 Å². The Bertz CT molecular complexity index is 749. The van der Waals surface area contributed by atoms with Crippen LogP contribution in [0.5, 0.6) is 0 Å². The SMILES string of the molecule is O=c1nc2ccccn2c2c(Cl)cccc12. The summed E-state index contributed by atoms with van der Waals surface area (Å²) in [5, 5.41) is 1.09. The minimum absolute atomic E-state index is 0.247. The van der Waals surface area contributed by atoms with Crippen LogP contribution in [-0.2, 0) is 0 Å². The van der Waals surface area contributed by atoms with Gasteiger partial charge >= 0.3 is 0 Å². The molecule has 2 heterocycles. The largest absolute Gasteiger partial charge is 0.299 e. The number of pyridine rings is 1. The highest BCUT2D eigenvalue weighted by atomic mass is 35.5. The molecule has 1 aromatic carbocycles. The van der Waals surface area contributed by atoms with Crippen molar-refractivity contribution in [2.75, 3.05) is 0 Å². The van der Waals surface area contributed by atoms with Crippen molar-refractivity contribution in [1.29, 1.82) is 0 Å². The number of fused-ring (bicyclic) bond motifs is 3. The van der Waals surface area contributed by atoms with Crippen LogP contribution in [0.15, 0.2) is 47.4 Å². The van der Waals surface area contributed by atoms with Crippen LogP contribution in [-0.4, -0.2) is 9.38 Å². The molecule has 0 N–H and O–H groups in total. The first-order chi connectivity index (χ1) is 7.77. The number of nitrogens with zero attached hydrogens (tertiary/aromatic N) is 2. The zero-order chi connectivity index (χ0) is 11.1. The lowest BCUT2D eigenvalue weighted by molar-refractivity contribution is 1.13. The Labute approximate surface area is 95.9 Å². The molecule has 0 saturated carbocycles. The second kappa shape index (κ2) is 3.32. The quantitative estimate of drug-likeness (QED) is 0.556. The van der Waals surface area contributed by atoms with Gasteiger partial charge in [0.05, 0.1) is 15.9 Å². The summed E-state index contributed by atoms with van der Waals surface area (Å²) in [7, 11) is 0. The molecular weight excluding hydrogens is 224 g/mol. The van der Waals surface area contributed by atoms with Gasteiger partial charge in [-0.05, 0) is 24.3 Å². The number of hydrogen-bond acceptors (Lipinski definition) is 2. The third kappa shape index (κ3) is 1.22. The van der Waals surface area contributed by atoms with E-state index in [-0.39, 0.29) is 5.56 Å². The van der Waals surface area contributed by atoms with Crippen molar-refractivity contribution in [1.82, 2.24) is 9.38 Å². The first kappa shape index (κ1) is 9.36. The van der Waals surface area contributed by atoms with Gasteiger partial charge in [-0.1, -0.05) is 23.7 Å². The van der Waals surface area contributed by atoms with Crippen LogP contribution in [0.3, 0.4) is 0 Å². The minimum atomic E-state index is -0.247. The summed E-state index contributed by atoms with van der Waals surface area (Å²) in [6.45, 7) is 0. The minimum Gasteiger partial charge on any atom is -0.299 e. The maximum Gasteiger partial charge on any atom is 0.281 e. The van der Waals surface area contributed by atoms with Gasteiger partial charge in [0.1, 0.15) is 5.65 Å². The predicted octanol–water partition coefficient (Wildman–Crippen LogP) is 2.50. The highest BCUT2D eigenvalue weighted by Crippen LogP contribution is 2.20. The maximum atomic E-state index is 11.8. The summed E-state index contributed by atoms with van der Waals surface area (Å²) >= 11 is 6.12. The van der Waals surface area contributed by atoms with Crippen molar-refractivity contribution in [3.8, 4) is 0 Å². The molecule has 78 valence electrons. The molecule has 2 aromatic heterocycles. The van der Waals surface area contributed by atoms with E-state index in [1.165, 1.54) is 0 Å². The van der Waals surface area contributed by atoms with Crippen LogP contribution in [0.1, 0.15) is 0 Å². The molecule has 0 saturated heterocycles. The number of hydrogen-bond donors (Lipinski definition) is 0. The summed E-state index contributed by atoms with van der Waals surface area (Å²) in [5.74, 6) is 0. The van der Waals surface area contributed by atoms with E-state index in [1.807, 2.05) is 22.7 Å². The van der Waals surface area contributed by atoms with Crippen molar-refractivity contribution < 1.29 is 0 Å². The molecule has 0 aliphatic rings. The van der Waals surface area contributed by atoms with E-state index in [0.29, 0.717) is 21.6 Å². The van der Waals surface area contributed by atoms with Crippen molar-refractivity contribution in [2.45, 2.75) is 0 Å². The molecule has 0 radical (unpaired) electrons. The molecular formula is C12H7ClN2O. The van der Waals surface area contributed by atoms with E-state index in [0.717, 1.165) is 0 Å². The molecule has 3 nitrogen and oxygen atoms in total. The van der Waals surface area contributed by atoms with Crippen molar-refractivity contribution in [2.24, 2.45) is 0 Å².